The molecule has 4 rings (SSSR count). The van der Waals surface area contributed by atoms with E-state index in [4.69, 9.17) is 0 Å². The molecule has 1 aromatic heterocycles. The standard InChI is InChI=1S/C19H16BrN3O2S/c20-14-9-7-13(8-10-14)18(25)23(12-22-11-3-6-17(22)24)19-21-15-4-1-2-5-16(15)26-19/h1-2,4-5,7-10H,3,6,11-12H2. The number of fused-ring (bicyclic) bond motifs is 1. The highest BCUT2D eigenvalue weighted by Gasteiger charge is 2.28. The summed E-state index contributed by atoms with van der Waals surface area (Å²) in [6.45, 7) is 0.904. The fourth-order valence-corrected chi connectivity index (χ4v) is 4.18. The summed E-state index contributed by atoms with van der Waals surface area (Å²) >= 11 is 4.85. The Morgan fingerprint density at radius 2 is 1.96 bits per heavy atom. The maximum Gasteiger partial charge on any atom is 0.261 e. The number of amides is 2. The van der Waals surface area contributed by atoms with Crippen LogP contribution in [-0.4, -0.2) is 34.9 Å². The molecule has 0 aliphatic carbocycles. The van der Waals surface area contributed by atoms with E-state index in [0.717, 1.165) is 21.1 Å². The second kappa shape index (κ2) is 7.17. The Hall–Kier alpha value is -2.25. The number of hydrogen-bond donors (Lipinski definition) is 0. The van der Waals surface area contributed by atoms with Gasteiger partial charge in [-0.05, 0) is 42.8 Å². The Morgan fingerprint density at radius 1 is 1.19 bits per heavy atom. The van der Waals surface area contributed by atoms with Gasteiger partial charge in [-0.3, -0.25) is 14.5 Å². The number of thiazole rings is 1. The van der Waals surface area contributed by atoms with Crippen LogP contribution in [0, 0.1) is 0 Å². The van der Waals surface area contributed by atoms with E-state index in [1.165, 1.54) is 11.3 Å². The Bertz CT molecular complexity index is 937. The highest BCUT2D eigenvalue weighted by molar-refractivity contribution is 9.10. The van der Waals surface area contributed by atoms with Gasteiger partial charge in [0.25, 0.3) is 5.91 Å². The third kappa shape index (κ3) is 3.37. The Kier molecular flexibility index (Phi) is 4.74. The van der Waals surface area contributed by atoms with Crippen molar-refractivity contribution in [3.05, 3.63) is 58.6 Å². The van der Waals surface area contributed by atoms with Crippen LogP contribution in [0.1, 0.15) is 23.2 Å². The molecule has 1 saturated heterocycles. The third-order valence-electron chi connectivity index (χ3n) is 4.33. The minimum absolute atomic E-state index is 0.0831. The van der Waals surface area contributed by atoms with Crippen LogP contribution in [0.15, 0.2) is 53.0 Å². The first kappa shape index (κ1) is 17.2. The highest BCUT2D eigenvalue weighted by Crippen LogP contribution is 2.30. The van der Waals surface area contributed by atoms with Gasteiger partial charge in [-0.1, -0.05) is 39.4 Å². The second-order valence-corrected chi connectivity index (χ2v) is 8.03. The molecule has 1 aliphatic heterocycles. The number of carbonyl (C=O) groups excluding carboxylic acids is 2. The molecule has 26 heavy (non-hydrogen) atoms. The second-order valence-electron chi connectivity index (χ2n) is 6.11. The quantitative estimate of drug-likeness (QED) is 0.621. The van der Waals surface area contributed by atoms with Crippen LogP contribution in [0.2, 0.25) is 0 Å². The van der Waals surface area contributed by atoms with Crippen LogP contribution in [0.3, 0.4) is 0 Å². The molecule has 3 aromatic rings. The zero-order valence-electron chi connectivity index (χ0n) is 13.9. The maximum atomic E-state index is 13.2. The molecule has 0 radical (unpaired) electrons. The fourth-order valence-electron chi connectivity index (χ4n) is 2.96. The van der Waals surface area contributed by atoms with Crippen molar-refractivity contribution in [2.75, 3.05) is 18.1 Å². The normalized spacial score (nSPS) is 14.2. The molecular formula is C19H16BrN3O2S. The zero-order valence-corrected chi connectivity index (χ0v) is 16.3. The summed E-state index contributed by atoms with van der Waals surface area (Å²) in [5.41, 5.74) is 1.42. The van der Waals surface area contributed by atoms with E-state index in [1.807, 2.05) is 36.4 Å². The number of benzene rings is 2. The molecule has 0 spiro atoms. The summed E-state index contributed by atoms with van der Waals surface area (Å²) in [5, 5.41) is 0.610. The highest BCUT2D eigenvalue weighted by atomic mass is 79.9. The van der Waals surface area contributed by atoms with Crippen LogP contribution in [0.25, 0.3) is 10.2 Å². The molecule has 2 heterocycles. The van der Waals surface area contributed by atoms with E-state index in [0.29, 0.717) is 23.7 Å². The van der Waals surface area contributed by atoms with E-state index < -0.39 is 0 Å². The van der Waals surface area contributed by atoms with Gasteiger partial charge in [-0.15, -0.1) is 0 Å². The molecule has 7 heteroatoms. The number of likely N-dealkylation sites (tertiary alicyclic amines) is 1. The lowest BCUT2D eigenvalue weighted by atomic mass is 10.2. The molecule has 0 bridgehead atoms. The van der Waals surface area contributed by atoms with Gasteiger partial charge >= 0.3 is 0 Å². The van der Waals surface area contributed by atoms with Crippen LogP contribution < -0.4 is 4.90 Å². The lowest BCUT2D eigenvalue weighted by Gasteiger charge is -2.26. The largest absolute Gasteiger partial charge is 0.324 e. The van der Waals surface area contributed by atoms with Crippen molar-refractivity contribution in [2.24, 2.45) is 0 Å². The van der Waals surface area contributed by atoms with E-state index >= 15 is 0 Å². The van der Waals surface area contributed by atoms with Crippen molar-refractivity contribution in [1.29, 1.82) is 0 Å². The average molecular weight is 430 g/mol. The number of halogens is 1. The van der Waals surface area contributed by atoms with Gasteiger partial charge in [0.2, 0.25) is 5.91 Å². The number of nitrogens with zero attached hydrogens (tertiary/aromatic N) is 3. The van der Waals surface area contributed by atoms with Crippen molar-refractivity contribution in [2.45, 2.75) is 12.8 Å². The molecule has 0 unspecified atom stereocenters. The molecule has 1 aliphatic rings. The molecule has 0 atom stereocenters. The Labute approximate surface area is 163 Å². The van der Waals surface area contributed by atoms with E-state index in [2.05, 4.69) is 20.9 Å². The lowest BCUT2D eigenvalue weighted by Crippen LogP contribution is -2.42. The van der Waals surface area contributed by atoms with Gasteiger partial charge in [-0.2, -0.15) is 0 Å². The SMILES string of the molecule is O=C1CCCN1CN(C(=O)c1ccc(Br)cc1)c1nc2ccccc2s1. The molecule has 5 nitrogen and oxygen atoms in total. The summed E-state index contributed by atoms with van der Waals surface area (Å²) in [6, 6.07) is 15.0. The molecule has 132 valence electrons. The predicted molar refractivity (Wildman–Crippen MR) is 106 cm³/mol. The molecule has 0 saturated carbocycles. The Morgan fingerprint density at radius 3 is 2.65 bits per heavy atom. The number of aromatic nitrogens is 1. The van der Waals surface area contributed by atoms with Crippen molar-refractivity contribution in [1.82, 2.24) is 9.88 Å². The maximum absolute atomic E-state index is 13.2. The summed E-state index contributed by atoms with van der Waals surface area (Å²) in [6.07, 6.45) is 1.37. The van der Waals surface area contributed by atoms with Gasteiger partial charge in [0.1, 0.15) is 6.67 Å². The van der Waals surface area contributed by atoms with Crippen molar-refractivity contribution in [3.63, 3.8) is 0 Å². The number of para-hydroxylation sites is 1. The van der Waals surface area contributed by atoms with Crippen molar-refractivity contribution in [3.8, 4) is 0 Å². The number of rotatable bonds is 4. The topological polar surface area (TPSA) is 53.5 Å². The first-order valence-electron chi connectivity index (χ1n) is 8.32. The van der Waals surface area contributed by atoms with Crippen LogP contribution in [0.4, 0.5) is 5.13 Å². The van der Waals surface area contributed by atoms with E-state index in [9.17, 15) is 9.59 Å². The monoisotopic (exact) mass is 429 g/mol. The molecule has 2 amide bonds. The minimum atomic E-state index is -0.156. The van der Waals surface area contributed by atoms with Crippen LogP contribution >= 0.6 is 27.3 Å². The van der Waals surface area contributed by atoms with E-state index in [-0.39, 0.29) is 18.5 Å². The van der Waals surface area contributed by atoms with Gasteiger partial charge in [0, 0.05) is 23.0 Å². The summed E-state index contributed by atoms with van der Waals surface area (Å²) in [7, 11) is 0. The van der Waals surface area contributed by atoms with Gasteiger partial charge in [0.15, 0.2) is 5.13 Å². The van der Waals surface area contributed by atoms with Crippen molar-refractivity contribution < 1.29 is 9.59 Å². The van der Waals surface area contributed by atoms with Crippen molar-refractivity contribution >= 4 is 54.4 Å². The predicted octanol–water partition coefficient (Wildman–Crippen LogP) is 4.29. The summed E-state index contributed by atoms with van der Waals surface area (Å²) in [5.74, 6) is -0.0732. The number of carbonyl (C=O) groups is 2. The van der Waals surface area contributed by atoms with Crippen LogP contribution in [-0.2, 0) is 4.79 Å². The van der Waals surface area contributed by atoms with Gasteiger partial charge in [0.05, 0.1) is 10.2 Å². The molecule has 1 fully saturated rings. The summed E-state index contributed by atoms with van der Waals surface area (Å²) < 4.78 is 1.93. The minimum Gasteiger partial charge on any atom is -0.324 e. The smallest absolute Gasteiger partial charge is 0.261 e. The van der Waals surface area contributed by atoms with E-state index in [1.54, 1.807) is 21.9 Å². The lowest BCUT2D eigenvalue weighted by molar-refractivity contribution is -0.127. The zero-order chi connectivity index (χ0) is 18.1. The molecule has 0 N–H and O–H groups in total. The Balaban J connectivity index is 1.71. The van der Waals surface area contributed by atoms with Gasteiger partial charge in [-0.25, -0.2) is 4.98 Å². The average Bonchev–Trinajstić information content (AvgIpc) is 3.25. The van der Waals surface area contributed by atoms with Crippen LogP contribution in [0.5, 0.6) is 0 Å². The first-order chi connectivity index (χ1) is 12.6. The summed E-state index contributed by atoms with van der Waals surface area (Å²) in [4.78, 5) is 33.2. The number of anilines is 1. The molecular weight excluding hydrogens is 414 g/mol. The first-order valence-corrected chi connectivity index (χ1v) is 9.93. The van der Waals surface area contributed by atoms with Gasteiger partial charge < -0.3 is 4.90 Å². The third-order valence-corrected chi connectivity index (χ3v) is 5.92. The fraction of sp³-hybridized carbons (Fsp3) is 0.211. The number of hydrogen-bond acceptors (Lipinski definition) is 4. The molecule has 2 aromatic carbocycles.